The minimum Gasteiger partial charge on any atom is -0.481 e. The van der Waals surface area contributed by atoms with Gasteiger partial charge in [-0.05, 0) is 24.7 Å². The second-order valence-electron chi connectivity index (χ2n) is 4.41. The molecule has 0 bridgehead atoms. The summed E-state index contributed by atoms with van der Waals surface area (Å²) in [4.78, 5) is 10.7. The van der Waals surface area contributed by atoms with Crippen molar-refractivity contribution in [3.05, 3.63) is 0 Å². The number of aliphatic carboxylic acids is 1. The first kappa shape index (κ1) is 9.52. The lowest BCUT2D eigenvalue weighted by atomic mass is 9.53. The standard InChI is InChI=1S/C9H17NO2/c1-5(10)6-4-7(8(11)12)9(6,2)3/h5-7H,4,10H2,1-3H3,(H,11,12)/t5?,6-,7+/m0/s1. The Morgan fingerprint density at radius 3 is 2.42 bits per heavy atom. The molecule has 3 N–H and O–H groups in total. The van der Waals surface area contributed by atoms with E-state index in [1.165, 1.54) is 0 Å². The molecular weight excluding hydrogens is 154 g/mol. The molecule has 3 atom stereocenters. The summed E-state index contributed by atoms with van der Waals surface area (Å²) < 4.78 is 0. The molecule has 1 rings (SSSR count). The third-order valence-electron chi connectivity index (χ3n) is 3.28. The summed E-state index contributed by atoms with van der Waals surface area (Å²) in [5.74, 6) is -0.524. The van der Waals surface area contributed by atoms with Crippen LogP contribution in [-0.2, 0) is 4.79 Å². The Hall–Kier alpha value is -0.570. The highest BCUT2D eigenvalue weighted by atomic mass is 16.4. The maximum Gasteiger partial charge on any atom is 0.307 e. The molecule has 0 amide bonds. The van der Waals surface area contributed by atoms with Gasteiger partial charge in [0.15, 0.2) is 0 Å². The van der Waals surface area contributed by atoms with Gasteiger partial charge in [-0.3, -0.25) is 4.79 Å². The predicted octanol–water partition coefficient (Wildman–Crippen LogP) is 1.08. The molecule has 0 heterocycles. The third kappa shape index (κ3) is 1.22. The topological polar surface area (TPSA) is 63.3 Å². The number of nitrogens with two attached hydrogens (primary N) is 1. The van der Waals surface area contributed by atoms with E-state index in [0.29, 0.717) is 5.92 Å². The van der Waals surface area contributed by atoms with E-state index >= 15 is 0 Å². The fourth-order valence-corrected chi connectivity index (χ4v) is 2.27. The van der Waals surface area contributed by atoms with E-state index in [-0.39, 0.29) is 17.4 Å². The van der Waals surface area contributed by atoms with Gasteiger partial charge in [0.2, 0.25) is 0 Å². The highest BCUT2D eigenvalue weighted by Gasteiger charge is 2.52. The van der Waals surface area contributed by atoms with Gasteiger partial charge in [-0.15, -0.1) is 0 Å². The van der Waals surface area contributed by atoms with Crippen molar-refractivity contribution in [2.24, 2.45) is 23.0 Å². The van der Waals surface area contributed by atoms with Crippen molar-refractivity contribution in [1.29, 1.82) is 0 Å². The van der Waals surface area contributed by atoms with E-state index in [2.05, 4.69) is 0 Å². The maximum atomic E-state index is 10.7. The average Bonchev–Trinajstić information content (AvgIpc) is 1.83. The number of carboxylic acid groups (broad SMARTS) is 1. The maximum absolute atomic E-state index is 10.7. The first-order valence-electron chi connectivity index (χ1n) is 4.35. The average molecular weight is 171 g/mol. The SMILES string of the molecule is CC(N)[C@@H]1C[C@H](C(=O)O)C1(C)C. The summed E-state index contributed by atoms with van der Waals surface area (Å²) in [7, 11) is 0. The van der Waals surface area contributed by atoms with Crippen molar-refractivity contribution >= 4 is 5.97 Å². The lowest BCUT2D eigenvalue weighted by Gasteiger charge is -2.51. The summed E-state index contributed by atoms with van der Waals surface area (Å²) in [5, 5.41) is 8.83. The van der Waals surface area contributed by atoms with Crippen LogP contribution in [0.5, 0.6) is 0 Å². The van der Waals surface area contributed by atoms with Crippen molar-refractivity contribution in [3.8, 4) is 0 Å². The molecule has 1 aliphatic rings. The number of hydrogen-bond donors (Lipinski definition) is 2. The monoisotopic (exact) mass is 171 g/mol. The van der Waals surface area contributed by atoms with Crippen LogP contribution in [0.15, 0.2) is 0 Å². The predicted molar refractivity (Wildman–Crippen MR) is 46.7 cm³/mol. The summed E-state index contributed by atoms with van der Waals surface area (Å²) in [5.41, 5.74) is 5.62. The molecule has 3 heteroatoms. The van der Waals surface area contributed by atoms with Gasteiger partial charge in [0.05, 0.1) is 5.92 Å². The largest absolute Gasteiger partial charge is 0.481 e. The van der Waals surface area contributed by atoms with Crippen LogP contribution in [-0.4, -0.2) is 17.1 Å². The van der Waals surface area contributed by atoms with Crippen LogP contribution in [0.2, 0.25) is 0 Å². The Labute approximate surface area is 72.9 Å². The molecule has 0 radical (unpaired) electrons. The summed E-state index contributed by atoms with van der Waals surface area (Å²) >= 11 is 0. The molecule has 0 spiro atoms. The van der Waals surface area contributed by atoms with Crippen LogP contribution in [0.1, 0.15) is 27.2 Å². The van der Waals surface area contributed by atoms with E-state index in [1.807, 2.05) is 20.8 Å². The van der Waals surface area contributed by atoms with Gasteiger partial charge in [0.1, 0.15) is 0 Å². The quantitative estimate of drug-likeness (QED) is 0.653. The van der Waals surface area contributed by atoms with Crippen molar-refractivity contribution in [2.75, 3.05) is 0 Å². The van der Waals surface area contributed by atoms with Gasteiger partial charge in [0, 0.05) is 6.04 Å². The highest BCUT2D eigenvalue weighted by molar-refractivity contribution is 5.72. The minimum atomic E-state index is -0.683. The van der Waals surface area contributed by atoms with Crippen LogP contribution in [0.25, 0.3) is 0 Å². The lowest BCUT2D eigenvalue weighted by molar-refractivity contribution is -0.159. The third-order valence-corrected chi connectivity index (χ3v) is 3.28. The van der Waals surface area contributed by atoms with Crippen LogP contribution < -0.4 is 5.73 Å². The second-order valence-corrected chi connectivity index (χ2v) is 4.41. The summed E-state index contributed by atoms with van der Waals surface area (Å²) in [6.45, 7) is 5.93. The smallest absolute Gasteiger partial charge is 0.307 e. The molecule has 1 aliphatic carbocycles. The first-order valence-corrected chi connectivity index (χ1v) is 4.35. The van der Waals surface area contributed by atoms with Crippen LogP contribution in [0, 0.1) is 17.3 Å². The molecule has 0 aromatic carbocycles. The Morgan fingerprint density at radius 2 is 2.17 bits per heavy atom. The lowest BCUT2D eigenvalue weighted by Crippen LogP contribution is -2.54. The number of carboxylic acids is 1. The molecule has 1 fully saturated rings. The number of carbonyl (C=O) groups is 1. The number of rotatable bonds is 2. The molecule has 1 unspecified atom stereocenters. The molecule has 1 saturated carbocycles. The minimum absolute atomic E-state index is 0.107. The van der Waals surface area contributed by atoms with E-state index in [0.717, 1.165) is 6.42 Å². The van der Waals surface area contributed by atoms with Crippen molar-refractivity contribution in [3.63, 3.8) is 0 Å². The van der Waals surface area contributed by atoms with Gasteiger partial charge in [-0.25, -0.2) is 0 Å². The van der Waals surface area contributed by atoms with E-state index in [4.69, 9.17) is 10.8 Å². The van der Waals surface area contributed by atoms with Gasteiger partial charge < -0.3 is 10.8 Å². The van der Waals surface area contributed by atoms with Crippen molar-refractivity contribution in [2.45, 2.75) is 33.2 Å². The van der Waals surface area contributed by atoms with E-state index < -0.39 is 5.97 Å². The van der Waals surface area contributed by atoms with E-state index in [9.17, 15) is 4.79 Å². The molecule has 0 aliphatic heterocycles. The van der Waals surface area contributed by atoms with Gasteiger partial charge in [-0.1, -0.05) is 13.8 Å². The Morgan fingerprint density at radius 1 is 1.67 bits per heavy atom. The molecule has 12 heavy (non-hydrogen) atoms. The van der Waals surface area contributed by atoms with Gasteiger partial charge >= 0.3 is 5.97 Å². The molecule has 70 valence electrons. The fraction of sp³-hybridized carbons (Fsp3) is 0.889. The first-order chi connectivity index (χ1) is 5.37. The second kappa shape index (κ2) is 2.73. The molecular formula is C9H17NO2. The normalized spacial score (nSPS) is 35.3. The fourth-order valence-electron chi connectivity index (χ4n) is 2.27. The number of hydrogen-bond acceptors (Lipinski definition) is 2. The zero-order valence-corrected chi connectivity index (χ0v) is 7.87. The van der Waals surface area contributed by atoms with Crippen molar-refractivity contribution in [1.82, 2.24) is 0 Å². The Bertz CT molecular complexity index is 199. The molecule has 0 aromatic rings. The zero-order valence-electron chi connectivity index (χ0n) is 7.87. The van der Waals surface area contributed by atoms with Crippen molar-refractivity contribution < 1.29 is 9.90 Å². The zero-order chi connectivity index (χ0) is 9.52. The van der Waals surface area contributed by atoms with Gasteiger partial charge in [0.25, 0.3) is 0 Å². The van der Waals surface area contributed by atoms with E-state index in [1.54, 1.807) is 0 Å². The van der Waals surface area contributed by atoms with Crippen LogP contribution >= 0.6 is 0 Å². The van der Waals surface area contributed by atoms with Gasteiger partial charge in [-0.2, -0.15) is 0 Å². The van der Waals surface area contributed by atoms with Crippen LogP contribution in [0.3, 0.4) is 0 Å². The molecule has 3 nitrogen and oxygen atoms in total. The Kier molecular flexibility index (Phi) is 2.17. The summed E-state index contributed by atoms with van der Waals surface area (Å²) in [6, 6.07) is 0.107. The summed E-state index contributed by atoms with van der Waals surface area (Å²) in [6.07, 6.45) is 0.736. The molecule has 0 aromatic heterocycles. The van der Waals surface area contributed by atoms with Crippen LogP contribution in [0.4, 0.5) is 0 Å². The Balaban J connectivity index is 2.66. The molecule has 0 saturated heterocycles. The highest BCUT2D eigenvalue weighted by Crippen LogP contribution is 2.52.